The van der Waals surface area contributed by atoms with Gasteiger partial charge in [-0.25, -0.2) is 4.99 Å². The topological polar surface area (TPSA) is 59.5 Å². The fourth-order valence-electron chi connectivity index (χ4n) is 6.71. The summed E-state index contributed by atoms with van der Waals surface area (Å²) in [5.74, 6) is 1.26. The lowest BCUT2D eigenvalue weighted by molar-refractivity contribution is -0.133. The lowest BCUT2D eigenvalue weighted by atomic mass is 10.0. The number of hydrogen-bond donors (Lipinski definition) is 0. The number of rotatable bonds is 6. The van der Waals surface area contributed by atoms with Crippen LogP contribution < -0.4 is 15.2 Å². The maximum atomic E-state index is 12.8. The van der Waals surface area contributed by atoms with Crippen molar-refractivity contribution < 1.29 is 9.59 Å². The number of fused-ring (bicyclic) bond motifs is 2. The number of amides is 2. The van der Waals surface area contributed by atoms with Crippen LogP contribution >= 0.6 is 28.9 Å². The van der Waals surface area contributed by atoms with E-state index in [1.54, 1.807) is 0 Å². The average molecular weight is 686 g/mol. The highest BCUT2D eigenvalue weighted by Gasteiger charge is 2.37. The Balaban J connectivity index is 1.30. The third-order valence-electron chi connectivity index (χ3n) is 9.44. The molecule has 7 nitrogen and oxygen atoms in total. The van der Waals surface area contributed by atoms with E-state index in [-0.39, 0.29) is 19.5 Å². The molecule has 2 saturated carbocycles. The Kier molecular flexibility index (Phi) is 7.54. The average Bonchev–Trinajstić information content (AvgIpc) is 3.94. The second-order valence-corrected chi connectivity index (χ2v) is 16.1. The number of carbonyl (C=O) groups excluding carboxylic acids is 2. The zero-order valence-electron chi connectivity index (χ0n) is 24.2. The number of nitrogens with zero attached hydrogens (tertiary/aromatic N) is 5. The van der Waals surface area contributed by atoms with E-state index in [4.69, 9.17) is 4.99 Å². The summed E-state index contributed by atoms with van der Waals surface area (Å²) in [6.45, 7) is 11.1. The zero-order chi connectivity index (χ0) is 28.2. The van der Waals surface area contributed by atoms with Gasteiger partial charge in [0.1, 0.15) is 0 Å². The van der Waals surface area contributed by atoms with Crippen molar-refractivity contribution in [2.24, 2.45) is 16.8 Å². The summed E-state index contributed by atoms with van der Waals surface area (Å²) >= 11 is 2.65. The van der Waals surface area contributed by atoms with E-state index in [0.29, 0.717) is 11.8 Å². The van der Waals surface area contributed by atoms with E-state index < -0.39 is 0 Å². The lowest BCUT2D eigenvalue weighted by Gasteiger charge is -2.42. The van der Waals surface area contributed by atoms with Crippen molar-refractivity contribution in [3.8, 4) is 0 Å². The fourth-order valence-corrected chi connectivity index (χ4v) is 10.1. The van der Waals surface area contributed by atoms with Gasteiger partial charge in [0, 0.05) is 79.2 Å². The number of carbonyl (C=O) groups is 2. The summed E-state index contributed by atoms with van der Waals surface area (Å²) in [4.78, 5) is 41.7. The maximum Gasteiger partial charge on any atom is 0.225 e. The molecule has 218 valence electrons. The Labute approximate surface area is 257 Å². The predicted octanol–water partition coefficient (Wildman–Crippen LogP) is 5.12. The number of aryl methyl sites for hydroxylation is 1. The minimum atomic E-state index is -0.101. The first kappa shape index (κ1) is 27.7. The van der Waals surface area contributed by atoms with Crippen LogP contribution in [0, 0.1) is 16.3 Å². The molecule has 2 amide bonds. The van der Waals surface area contributed by atoms with E-state index in [1.807, 2.05) is 0 Å². The number of halogens is 1. The molecule has 1 unspecified atom stereocenters. The van der Waals surface area contributed by atoms with Gasteiger partial charge in [-0.05, 0) is 77.4 Å². The molecule has 2 aromatic rings. The molecule has 3 heterocycles. The molecular weight excluding hydrogens is 645 g/mol. The predicted molar refractivity (Wildman–Crippen MR) is 174 cm³/mol. The van der Waals surface area contributed by atoms with Crippen molar-refractivity contribution in [2.75, 3.05) is 62.2 Å². The van der Waals surface area contributed by atoms with Gasteiger partial charge in [-0.1, -0.05) is 33.6 Å². The Morgan fingerprint density at radius 3 is 1.98 bits per heavy atom. The smallest absolute Gasteiger partial charge is 0.225 e. The molecule has 0 N–H and O–H groups in total. The summed E-state index contributed by atoms with van der Waals surface area (Å²) in [5.41, 5.74) is 6.42. The van der Waals surface area contributed by atoms with Gasteiger partial charge < -0.3 is 19.6 Å². The molecule has 4 fully saturated rings. The molecule has 0 aromatic heterocycles. The maximum absolute atomic E-state index is 12.8. The van der Waals surface area contributed by atoms with E-state index >= 15 is 0 Å². The third-order valence-corrected chi connectivity index (χ3v) is 13.7. The van der Waals surface area contributed by atoms with Gasteiger partial charge in [-0.2, -0.15) is 0 Å². The van der Waals surface area contributed by atoms with Crippen molar-refractivity contribution in [1.29, 1.82) is 0 Å². The minimum absolute atomic E-state index is 0.101. The quantitative estimate of drug-likeness (QED) is 0.313. The molecule has 0 bridgehead atoms. The molecule has 5 aliphatic rings. The first-order valence-electron chi connectivity index (χ1n) is 15.5. The van der Waals surface area contributed by atoms with Crippen molar-refractivity contribution in [3.05, 3.63) is 45.3 Å². The number of benzene rings is 2. The van der Waals surface area contributed by atoms with Crippen LogP contribution in [0.4, 0.5) is 17.1 Å². The van der Waals surface area contributed by atoms with Crippen LogP contribution in [0.5, 0.6) is 0 Å². The van der Waals surface area contributed by atoms with Crippen LogP contribution in [0.15, 0.2) is 34.2 Å². The van der Waals surface area contributed by atoms with Gasteiger partial charge in [0.05, 0.1) is 22.4 Å². The second-order valence-electron chi connectivity index (χ2n) is 12.1. The van der Waals surface area contributed by atoms with E-state index in [1.165, 1.54) is 37.6 Å². The van der Waals surface area contributed by atoms with Gasteiger partial charge in [0.25, 0.3) is 0 Å². The summed E-state index contributed by atoms with van der Waals surface area (Å²) in [6, 6.07) is 9.10. The molecule has 0 spiro atoms. The summed E-state index contributed by atoms with van der Waals surface area (Å²) in [6.07, 6.45) is 6.13. The van der Waals surface area contributed by atoms with Crippen molar-refractivity contribution >= 4 is 57.7 Å². The van der Waals surface area contributed by atoms with Gasteiger partial charge in [0.15, 0.2) is 0 Å². The molecule has 2 saturated heterocycles. The van der Waals surface area contributed by atoms with Crippen LogP contribution in [0.2, 0.25) is 0 Å². The highest BCUT2D eigenvalue weighted by Crippen LogP contribution is 2.48. The number of anilines is 2. The molecule has 2 aromatic carbocycles. The second kappa shape index (κ2) is 11.2. The molecule has 2 aliphatic carbocycles. The van der Waals surface area contributed by atoms with Gasteiger partial charge in [0.2, 0.25) is 11.8 Å². The van der Waals surface area contributed by atoms with Gasteiger partial charge >= 0.3 is 0 Å². The van der Waals surface area contributed by atoms with Crippen molar-refractivity contribution in [1.82, 2.24) is 9.80 Å². The zero-order valence-corrected chi connectivity index (χ0v) is 27.2. The molecule has 3 aliphatic heterocycles. The molecule has 1 atom stereocenters. The molecule has 0 radical (unpaired) electrons. The molecule has 9 heteroatoms. The molecular formula is C32H40IN5O2S. The standard InChI is InChI=1S/C32H40IN5O2S/c1-3-21-6-5-7-26-28(21)34-29-24(4-2)30(36-14-18-38(19-15-36)32(40)23-10-11-23)25(20-27(29)41(26)33)35-12-16-37(17-13-35)31(39)22-8-9-22/h5-7,20,22-23H,3-4,8-19H2,1-2H3. The van der Waals surface area contributed by atoms with Crippen LogP contribution in [0.1, 0.15) is 50.7 Å². The normalized spacial score (nSPS) is 22.3. The van der Waals surface area contributed by atoms with Crippen LogP contribution in [0.3, 0.4) is 0 Å². The summed E-state index contributed by atoms with van der Waals surface area (Å²) in [5, 5.41) is 1.16. The number of para-hydroxylation sites is 1. The Morgan fingerprint density at radius 1 is 0.854 bits per heavy atom. The largest absolute Gasteiger partial charge is 0.366 e. The Hall–Kier alpha value is -2.14. The van der Waals surface area contributed by atoms with Crippen LogP contribution in [-0.2, 0) is 22.4 Å². The van der Waals surface area contributed by atoms with E-state index in [9.17, 15) is 9.59 Å². The number of hydrogen-bond acceptors (Lipinski definition) is 5. The van der Waals surface area contributed by atoms with Crippen molar-refractivity contribution in [3.63, 3.8) is 0 Å². The lowest BCUT2D eigenvalue weighted by Crippen LogP contribution is -2.52. The van der Waals surface area contributed by atoms with E-state index in [2.05, 4.69) is 78.9 Å². The molecule has 7 rings (SSSR count). The first-order valence-corrected chi connectivity index (χ1v) is 19.3. The highest BCUT2D eigenvalue weighted by molar-refractivity contribution is 14.2. The van der Waals surface area contributed by atoms with E-state index in [0.717, 1.165) is 96.2 Å². The number of piperazine rings is 2. The first-order chi connectivity index (χ1) is 20.0. The summed E-state index contributed by atoms with van der Waals surface area (Å²) < 4.78 is 1.33. The van der Waals surface area contributed by atoms with Crippen LogP contribution in [0.25, 0.3) is 0 Å². The SMILES string of the molecule is CCc1cccc2c1N=c1c(CC)c(N3CCN(C(=O)C4CC4)CC3)c(N3CCN(C(=O)C4CC4)CC3)cc1=S2I. The minimum Gasteiger partial charge on any atom is -0.366 e. The third kappa shape index (κ3) is 5.08. The van der Waals surface area contributed by atoms with Crippen LogP contribution in [-0.4, -0.2) is 74.0 Å². The Morgan fingerprint density at radius 2 is 1.44 bits per heavy atom. The fraction of sp³-hybridized carbons (Fsp3) is 0.562. The monoisotopic (exact) mass is 685 g/mol. The van der Waals surface area contributed by atoms with Gasteiger partial charge in [-0.3, -0.25) is 9.59 Å². The van der Waals surface area contributed by atoms with Gasteiger partial charge in [-0.15, -0.1) is 0 Å². The Bertz CT molecular complexity index is 1520. The highest BCUT2D eigenvalue weighted by atomic mass is 127. The van der Waals surface area contributed by atoms with Crippen molar-refractivity contribution in [2.45, 2.75) is 57.3 Å². The summed E-state index contributed by atoms with van der Waals surface area (Å²) in [7, 11) is -0.101. The molecule has 41 heavy (non-hydrogen) atoms.